The predicted octanol–water partition coefficient (Wildman–Crippen LogP) is 7.09. The average molecular weight is 598 g/mol. The summed E-state index contributed by atoms with van der Waals surface area (Å²) >= 11 is 1.33. The van der Waals surface area contributed by atoms with Gasteiger partial charge in [0.1, 0.15) is 5.58 Å². The Kier molecular flexibility index (Phi) is 5.55. The van der Waals surface area contributed by atoms with Crippen LogP contribution in [0.5, 0.6) is 0 Å². The molecule has 2 aliphatic heterocycles. The molecule has 0 bridgehead atoms. The fraction of sp³-hybridized carbons (Fsp3) is 0.167. The maximum atomic E-state index is 15.2. The number of carbonyl (C=O) groups is 2. The van der Waals surface area contributed by atoms with Crippen molar-refractivity contribution >= 4 is 55.2 Å². The van der Waals surface area contributed by atoms with Crippen molar-refractivity contribution < 1.29 is 14.0 Å². The van der Waals surface area contributed by atoms with Crippen molar-refractivity contribution in [3.8, 4) is 0 Å². The highest BCUT2D eigenvalue weighted by Crippen LogP contribution is 2.55. The van der Waals surface area contributed by atoms with Crippen LogP contribution in [0.1, 0.15) is 49.5 Å². The van der Waals surface area contributed by atoms with Crippen LogP contribution in [0.2, 0.25) is 0 Å². The van der Waals surface area contributed by atoms with E-state index in [0.29, 0.717) is 27.4 Å². The zero-order valence-electron chi connectivity index (χ0n) is 24.6. The zero-order valence-corrected chi connectivity index (χ0v) is 25.4. The molecule has 6 aromatic rings. The Morgan fingerprint density at radius 2 is 1.61 bits per heavy atom. The van der Waals surface area contributed by atoms with Crippen molar-refractivity contribution in [2.75, 3.05) is 9.80 Å². The van der Waals surface area contributed by atoms with Gasteiger partial charge in [-0.05, 0) is 74.2 Å². The average Bonchev–Trinajstić information content (AvgIpc) is 3.61. The van der Waals surface area contributed by atoms with E-state index in [9.17, 15) is 9.59 Å². The number of carbonyl (C=O) groups excluding carboxylic acids is 2. The lowest BCUT2D eigenvalue weighted by Crippen LogP contribution is -2.53. The normalized spacial score (nSPS) is 17.4. The maximum Gasteiger partial charge on any atom is 0.297 e. The Morgan fingerprint density at radius 3 is 2.43 bits per heavy atom. The van der Waals surface area contributed by atoms with E-state index < -0.39 is 16.9 Å². The molecule has 216 valence electrons. The van der Waals surface area contributed by atoms with Crippen LogP contribution in [0.15, 0.2) is 88.1 Å². The third-order valence-electron chi connectivity index (χ3n) is 8.88. The number of benzene rings is 4. The summed E-state index contributed by atoms with van der Waals surface area (Å²) in [4.78, 5) is 52.5. The summed E-state index contributed by atoms with van der Waals surface area (Å²) in [5.41, 5.74) is 5.02. The molecule has 7 nitrogen and oxygen atoms in total. The van der Waals surface area contributed by atoms with Crippen molar-refractivity contribution in [1.29, 1.82) is 0 Å². The largest absolute Gasteiger partial charge is 0.450 e. The highest BCUT2D eigenvalue weighted by Gasteiger charge is 2.66. The lowest BCUT2D eigenvalue weighted by molar-refractivity contribution is -0.121. The molecule has 8 rings (SSSR count). The van der Waals surface area contributed by atoms with Crippen LogP contribution in [0.25, 0.3) is 21.2 Å². The second kappa shape index (κ2) is 9.21. The van der Waals surface area contributed by atoms with E-state index in [-0.39, 0.29) is 23.8 Å². The van der Waals surface area contributed by atoms with Crippen molar-refractivity contribution in [3.63, 3.8) is 0 Å². The highest BCUT2D eigenvalue weighted by molar-refractivity contribution is 7.22. The summed E-state index contributed by atoms with van der Waals surface area (Å²) in [6.07, 6.45) is 0. The summed E-state index contributed by atoms with van der Waals surface area (Å²) in [6, 6.07) is 24.7. The minimum atomic E-state index is -1.79. The van der Waals surface area contributed by atoms with Gasteiger partial charge in [-0.25, -0.2) is 4.98 Å². The predicted molar refractivity (Wildman–Crippen MR) is 173 cm³/mol. The summed E-state index contributed by atoms with van der Waals surface area (Å²) < 4.78 is 7.15. The van der Waals surface area contributed by atoms with Crippen molar-refractivity contribution in [2.24, 2.45) is 0 Å². The van der Waals surface area contributed by atoms with Gasteiger partial charge in [0.05, 0.1) is 33.4 Å². The Morgan fingerprint density at radius 1 is 0.841 bits per heavy atom. The van der Waals surface area contributed by atoms with E-state index >= 15 is 4.79 Å². The number of aryl methyl sites for hydroxylation is 4. The first-order valence-corrected chi connectivity index (χ1v) is 15.3. The number of thiazole rings is 1. The zero-order chi connectivity index (χ0) is 30.5. The number of aromatic nitrogens is 1. The van der Waals surface area contributed by atoms with Gasteiger partial charge in [-0.1, -0.05) is 71.5 Å². The van der Waals surface area contributed by atoms with Gasteiger partial charge in [0.25, 0.3) is 11.8 Å². The number of hydrogen-bond donors (Lipinski definition) is 0. The number of fused-ring (bicyclic) bond motifs is 6. The summed E-state index contributed by atoms with van der Waals surface area (Å²) in [5.74, 6) is -1.08. The Labute approximate surface area is 257 Å². The molecule has 0 saturated carbocycles. The second-order valence-corrected chi connectivity index (χ2v) is 12.8. The summed E-state index contributed by atoms with van der Waals surface area (Å²) in [6.45, 7) is 8.17. The standard InChI is InChI=1S/C36H27N3O4S/c1-19-13-14-27-24(16-19)31(40)29-32(43-27)33(41)39(35-37-30-22(4)15-20(2)17-28(30)44-35)36(29)25-11-7-8-12-26(25)38(34(36)42)18-23-10-6-5-9-21(23)3/h5-17H,18H2,1-4H3. The van der Waals surface area contributed by atoms with Gasteiger partial charge in [0.15, 0.2) is 16.1 Å². The molecule has 0 radical (unpaired) electrons. The molecule has 2 amide bonds. The number of rotatable bonds is 3. The number of para-hydroxylation sites is 1. The topological polar surface area (TPSA) is 83.7 Å². The van der Waals surface area contributed by atoms with Crippen LogP contribution < -0.4 is 15.2 Å². The second-order valence-electron chi connectivity index (χ2n) is 11.7. The molecular weight excluding hydrogens is 570 g/mol. The van der Waals surface area contributed by atoms with E-state index in [1.54, 1.807) is 17.0 Å². The van der Waals surface area contributed by atoms with Crippen LogP contribution in [-0.4, -0.2) is 16.8 Å². The first-order chi connectivity index (χ1) is 21.2. The third kappa shape index (κ3) is 3.43. The maximum absolute atomic E-state index is 15.2. The highest BCUT2D eigenvalue weighted by atomic mass is 32.1. The smallest absolute Gasteiger partial charge is 0.297 e. The van der Waals surface area contributed by atoms with Crippen LogP contribution in [0, 0.1) is 27.7 Å². The first kappa shape index (κ1) is 26.5. The van der Waals surface area contributed by atoms with E-state index in [2.05, 4.69) is 0 Å². The van der Waals surface area contributed by atoms with E-state index in [0.717, 1.165) is 38.0 Å². The van der Waals surface area contributed by atoms with Gasteiger partial charge in [-0.2, -0.15) is 0 Å². The van der Waals surface area contributed by atoms with E-state index in [4.69, 9.17) is 9.40 Å². The SMILES string of the molecule is Cc1cc(C)c2nc(N3C(=O)c4oc5ccc(C)cc5c(=O)c4C34C(=O)N(Cc3ccccc3C)c3ccccc34)sc2c1. The lowest BCUT2D eigenvalue weighted by Gasteiger charge is -2.32. The fourth-order valence-electron chi connectivity index (χ4n) is 6.85. The minimum Gasteiger partial charge on any atom is -0.450 e. The number of amides is 2. The molecule has 0 aliphatic carbocycles. The molecule has 1 spiro atoms. The lowest BCUT2D eigenvalue weighted by atomic mass is 9.84. The van der Waals surface area contributed by atoms with Gasteiger partial charge in [0.2, 0.25) is 5.76 Å². The van der Waals surface area contributed by atoms with Crippen LogP contribution in [0.3, 0.4) is 0 Å². The van der Waals surface area contributed by atoms with Gasteiger partial charge in [-0.3, -0.25) is 19.3 Å². The van der Waals surface area contributed by atoms with Gasteiger partial charge >= 0.3 is 0 Å². The molecule has 4 aromatic carbocycles. The van der Waals surface area contributed by atoms with E-state index in [1.807, 2.05) is 94.4 Å². The molecular formula is C36H27N3O4S. The molecule has 0 N–H and O–H groups in total. The van der Waals surface area contributed by atoms with Crippen LogP contribution in [-0.2, 0) is 16.9 Å². The van der Waals surface area contributed by atoms with Crippen molar-refractivity contribution in [1.82, 2.24) is 4.98 Å². The molecule has 4 heterocycles. The quantitative estimate of drug-likeness (QED) is 0.218. The molecule has 0 saturated heterocycles. The molecule has 0 fully saturated rings. The van der Waals surface area contributed by atoms with Crippen molar-refractivity contribution in [2.45, 2.75) is 39.8 Å². The van der Waals surface area contributed by atoms with Crippen LogP contribution in [0.4, 0.5) is 10.8 Å². The number of anilines is 2. The third-order valence-corrected chi connectivity index (χ3v) is 9.87. The van der Waals surface area contributed by atoms with Crippen molar-refractivity contribution in [3.05, 3.63) is 134 Å². The fourth-order valence-corrected chi connectivity index (χ4v) is 8.04. The minimum absolute atomic E-state index is 0.0393. The molecule has 44 heavy (non-hydrogen) atoms. The molecule has 1 atom stereocenters. The van der Waals surface area contributed by atoms with Gasteiger partial charge < -0.3 is 9.32 Å². The summed E-state index contributed by atoms with van der Waals surface area (Å²) in [7, 11) is 0. The first-order valence-electron chi connectivity index (χ1n) is 14.5. The number of nitrogens with zero attached hydrogens (tertiary/aromatic N) is 3. The van der Waals surface area contributed by atoms with Gasteiger partial charge in [0, 0.05) is 5.56 Å². The number of hydrogen-bond acceptors (Lipinski definition) is 6. The van der Waals surface area contributed by atoms with E-state index in [1.165, 1.54) is 16.2 Å². The van der Waals surface area contributed by atoms with Gasteiger partial charge in [-0.15, -0.1) is 0 Å². The Bertz CT molecular complexity index is 2300. The van der Waals surface area contributed by atoms with Crippen LogP contribution >= 0.6 is 11.3 Å². The molecule has 2 aliphatic rings. The molecule has 1 unspecified atom stereocenters. The molecule has 8 heteroatoms. The Balaban J connectivity index is 1.47. The summed E-state index contributed by atoms with van der Waals surface area (Å²) in [5, 5.41) is 0.668. The monoisotopic (exact) mass is 597 g/mol. The molecule has 2 aromatic heterocycles. The Hall–Kier alpha value is -5.08.